The van der Waals surface area contributed by atoms with Gasteiger partial charge in [-0.05, 0) is 36.0 Å². The maximum atomic E-state index is 11.3. The standard InChI is InChI=1S/C18H20O/c1-13(2)11-15-5-4-6-18(12-15)17-9-7-16(8-10-17)14(3)19/h4-10,12-13H,11H2,1-3H3. The molecule has 0 atom stereocenters. The van der Waals surface area contributed by atoms with Crippen molar-refractivity contribution in [1.29, 1.82) is 0 Å². The van der Waals surface area contributed by atoms with Gasteiger partial charge >= 0.3 is 0 Å². The molecule has 0 N–H and O–H groups in total. The van der Waals surface area contributed by atoms with Crippen LogP contribution in [0.2, 0.25) is 0 Å². The van der Waals surface area contributed by atoms with Crippen molar-refractivity contribution in [3.8, 4) is 11.1 Å². The average Bonchev–Trinajstić information content (AvgIpc) is 2.38. The molecular weight excluding hydrogens is 232 g/mol. The predicted octanol–water partition coefficient (Wildman–Crippen LogP) is 4.75. The Labute approximate surface area is 115 Å². The zero-order chi connectivity index (χ0) is 13.8. The van der Waals surface area contributed by atoms with Crippen LogP contribution in [0.15, 0.2) is 48.5 Å². The van der Waals surface area contributed by atoms with E-state index in [4.69, 9.17) is 0 Å². The second-order valence-corrected chi connectivity index (χ2v) is 5.43. The van der Waals surface area contributed by atoms with Crippen molar-refractivity contribution in [2.45, 2.75) is 27.2 Å². The molecule has 0 radical (unpaired) electrons. The van der Waals surface area contributed by atoms with Crippen molar-refractivity contribution in [3.63, 3.8) is 0 Å². The third kappa shape index (κ3) is 3.54. The molecule has 0 unspecified atom stereocenters. The Morgan fingerprint density at radius 3 is 2.26 bits per heavy atom. The van der Waals surface area contributed by atoms with Crippen LogP contribution in [0.3, 0.4) is 0 Å². The minimum absolute atomic E-state index is 0.111. The highest BCUT2D eigenvalue weighted by atomic mass is 16.1. The summed E-state index contributed by atoms with van der Waals surface area (Å²) in [6.45, 7) is 6.06. The van der Waals surface area contributed by atoms with E-state index in [1.807, 2.05) is 24.3 Å². The summed E-state index contributed by atoms with van der Waals surface area (Å²) in [5.41, 5.74) is 4.51. The first-order valence-corrected chi connectivity index (χ1v) is 6.76. The van der Waals surface area contributed by atoms with E-state index in [-0.39, 0.29) is 5.78 Å². The first kappa shape index (κ1) is 13.5. The molecule has 0 aromatic heterocycles. The van der Waals surface area contributed by atoms with Crippen molar-refractivity contribution in [2.75, 3.05) is 0 Å². The second kappa shape index (κ2) is 5.83. The van der Waals surface area contributed by atoms with Gasteiger partial charge in [0.1, 0.15) is 0 Å². The monoisotopic (exact) mass is 252 g/mol. The highest BCUT2D eigenvalue weighted by Crippen LogP contribution is 2.22. The summed E-state index contributed by atoms with van der Waals surface area (Å²) in [4.78, 5) is 11.3. The molecule has 2 aromatic carbocycles. The number of carbonyl (C=O) groups is 1. The molecule has 1 heteroatoms. The van der Waals surface area contributed by atoms with Crippen molar-refractivity contribution in [2.24, 2.45) is 5.92 Å². The lowest BCUT2D eigenvalue weighted by atomic mass is 9.97. The van der Waals surface area contributed by atoms with Crippen molar-refractivity contribution >= 4 is 5.78 Å². The largest absolute Gasteiger partial charge is 0.295 e. The van der Waals surface area contributed by atoms with E-state index in [0.29, 0.717) is 5.92 Å². The van der Waals surface area contributed by atoms with Crippen LogP contribution < -0.4 is 0 Å². The molecule has 1 nitrogen and oxygen atoms in total. The van der Waals surface area contributed by atoms with Gasteiger partial charge < -0.3 is 0 Å². The van der Waals surface area contributed by atoms with Gasteiger partial charge in [-0.2, -0.15) is 0 Å². The Kier molecular flexibility index (Phi) is 4.16. The number of benzene rings is 2. The minimum atomic E-state index is 0.111. The Hall–Kier alpha value is -1.89. The van der Waals surface area contributed by atoms with E-state index in [9.17, 15) is 4.79 Å². The van der Waals surface area contributed by atoms with Gasteiger partial charge in [-0.25, -0.2) is 0 Å². The van der Waals surface area contributed by atoms with Crippen LogP contribution in [0.1, 0.15) is 36.7 Å². The van der Waals surface area contributed by atoms with E-state index in [1.165, 1.54) is 11.1 Å². The number of hydrogen-bond donors (Lipinski definition) is 0. The van der Waals surface area contributed by atoms with Gasteiger partial charge in [0.2, 0.25) is 0 Å². The van der Waals surface area contributed by atoms with Gasteiger partial charge in [-0.1, -0.05) is 62.4 Å². The topological polar surface area (TPSA) is 17.1 Å². The Morgan fingerprint density at radius 1 is 1.00 bits per heavy atom. The first-order chi connectivity index (χ1) is 9.06. The Balaban J connectivity index is 2.28. The zero-order valence-corrected chi connectivity index (χ0v) is 11.8. The van der Waals surface area contributed by atoms with Crippen LogP contribution in [0.4, 0.5) is 0 Å². The molecule has 0 saturated heterocycles. The van der Waals surface area contributed by atoms with Gasteiger partial charge in [0.25, 0.3) is 0 Å². The quantitative estimate of drug-likeness (QED) is 0.717. The van der Waals surface area contributed by atoms with Gasteiger partial charge in [-0.15, -0.1) is 0 Å². The van der Waals surface area contributed by atoms with Crippen molar-refractivity contribution < 1.29 is 4.79 Å². The van der Waals surface area contributed by atoms with E-state index >= 15 is 0 Å². The molecule has 98 valence electrons. The van der Waals surface area contributed by atoms with Crippen LogP contribution >= 0.6 is 0 Å². The molecule has 0 aliphatic rings. The van der Waals surface area contributed by atoms with Gasteiger partial charge in [0, 0.05) is 5.56 Å². The molecule has 19 heavy (non-hydrogen) atoms. The molecule has 0 saturated carbocycles. The molecule has 0 spiro atoms. The highest BCUT2D eigenvalue weighted by molar-refractivity contribution is 5.94. The fourth-order valence-electron chi connectivity index (χ4n) is 2.25. The van der Waals surface area contributed by atoms with Gasteiger partial charge in [0.15, 0.2) is 5.78 Å². The van der Waals surface area contributed by atoms with Gasteiger partial charge in [0.05, 0.1) is 0 Å². The molecule has 2 aromatic rings. The summed E-state index contributed by atoms with van der Waals surface area (Å²) in [6, 6.07) is 16.5. The SMILES string of the molecule is CC(=O)c1ccc(-c2cccc(CC(C)C)c2)cc1. The van der Waals surface area contributed by atoms with Crippen LogP contribution in [0, 0.1) is 5.92 Å². The predicted molar refractivity (Wildman–Crippen MR) is 80.4 cm³/mol. The number of Topliss-reactive ketones (excluding diaryl/α,β-unsaturated/α-hetero) is 1. The van der Waals surface area contributed by atoms with Crippen LogP contribution in [-0.4, -0.2) is 5.78 Å². The lowest BCUT2D eigenvalue weighted by molar-refractivity contribution is 0.101. The van der Waals surface area contributed by atoms with Gasteiger partial charge in [-0.3, -0.25) is 4.79 Å². The number of hydrogen-bond acceptors (Lipinski definition) is 1. The number of rotatable bonds is 4. The third-order valence-electron chi connectivity index (χ3n) is 3.20. The van der Waals surface area contributed by atoms with E-state index in [0.717, 1.165) is 17.5 Å². The smallest absolute Gasteiger partial charge is 0.159 e. The summed E-state index contributed by atoms with van der Waals surface area (Å²) in [5.74, 6) is 0.774. The molecule has 0 fully saturated rings. The minimum Gasteiger partial charge on any atom is -0.295 e. The summed E-state index contributed by atoms with van der Waals surface area (Å²) in [6.07, 6.45) is 1.10. The fourth-order valence-corrected chi connectivity index (χ4v) is 2.25. The van der Waals surface area contributed by atoms with Crippen molar-refractivity contribution in [1.82, 2.24) is 0 Å². The average molecular weight is 252 g/mol. The summed E-state index contributed by atoms with van der Waals surface area (Å²) >= 11 is 0. The number of ketones is 1. The van der Waals surface area contributed by atoms with Crippen LogP contribution in [-0.2, 0) is 6.42 Å². The van der Waals surface area contributed by atoms with E-state index < -0.39 is 0 Å². The second-order valence-electron chi connectivity index (χ2n) is 5.43. The first-order valence-electron chi connectivity index (χ1n) is 6.76. The van der Waals surface area contributed by atoms with E-state index in [2.05, 4.69) is 38.1 Å². The maximum Gasteiger partial charge on any atom is 0.159 e. The molecule has 0 aliphatic carbocycles. The number of carbonyl (C=O) groups excluding carboxylic acids is 1. The summed E-state index contributed by atoms with van der Waals surface area (Å²) < 4.78 is 0. The Morgan fingerprint density at radius 2 is 1.68 bits per heavy atom. The maximum absolute atomic E-state index is 11.3. The molecule has 0 bridgehead atoms. The summed E-state index contributed by atoms with van der Waals surface area (Å²) in [7, 11) is 0. The van der Waals surface area contributed by atoms with E-state index in [1.54, 1.807) is 6.92 Å². The molecule has 0 amide bonds. The summed E-state index contributed by atoms with van der Waals surface area (Å²) in [5, 5.41) is 0. The lowest BCUT2D eigenvalue weighted by Gasteiger charge is -2.08. The lowest BCUT2D eigenvalue weighted by Crippen LogP contribution is -1.94. The molecule has 2 rings (SSSR count). The molecule has 0 aliphatic heterocycles. The zero-order valence-electron chi connectivity index (χ0n) is 11.8. The normalized spacial score (nSPS) is 10.7. The molecule has 0 heterocycles. The van der Waals surface area contributed by atoms with Crippen LogP contribution in [0.5, 0.6) is 0 Å². The molecular formula is C18H20O. The Bertz CT molecular complexity index is 564. The van der Waals surface area contributed by atoms with Crippen molar-refractivity contribution in [3.05, 3.63) is 59.7 Å². The third-order valence-corrected chi connectivity index (χ3v) is 3.20. The fraction of sp³-hybridized carbons (Fsp3) is 0.278. The van der Waals surface area contributed by atoms with Crippen LogP contribution in [0.25, 0.3) is 11.1 Å². The highest BCUT2D eigenvalue weighted by Gasteiger charge is 2.03.